The Morgan fingerprint density at radius 1 is 0.950 bits per heavy atom. The van der Waals surface area contributed by atoms with E-state index < -0.39 is 15.9 Å². The maximum Gasteiger partial charge on any atom is 0.264 e. The monoisotopic (exact) mass is 554 g/mol. The minimum atomic E-state index is -3.68. The number of hydrogen-bond donors (Lipinski definition) is 1. The fourth-order valence-corrected chi connectivity index (χ4v) is 5.19. The van der Waals surface area contributed by atoms with Crippen molar-refractivity contribution in [3.63, 3.8) is 0 Å². The van der Waals surface area contributed by atoms with Crippen LogP contribution in [0.1, 0.15) is 21.7 Å². The normalized spacial score (nSPS) is 14.3. The standard InChI is InChI=1S/C29H26N6O4S/c1-40(37,38)33-29(36)22-8-6-21(7-9-22)27-25(13-12-23-11-10-20-4-2-3-5-24(20)31-23)32-28-26(14-15-30-35(27)28)34-16-18-39-19-17-34/h2-15H,16-19H2,1H3,(H,33,36). The Hall–Kier alpha value is -4.61. The number of fused-ring (bicyclic) bond motifs is 2. The highest BCUT2D eigenvalue weighted by molar-refractivity contribution is 7.89. The van der Waals surface area contributed by atoms with E-state index in [4.69, 9.17) is 14.7 Å². The van der Waals surface area contributed by atoms with Gasteiger partial charge in [-0.05, 0) is 42.5 Å². The first-order valence-corrected chi connectivity index (χ1v) is 14.6. The predicted octanol–water partition coefficient (Wildman–Crippen LogP) is 3.64. The molecule has 0 unspecified atom stereocenters. The van der Waals surface area contributed by atoms with Gasteiger partial charge in [-0.25, -0.2) is 27.6 Å². The Morgan fingerprint density at radius 3 is 2.50 bits per heavy atom. The third-order valence-corrected chi connectivity index (χ3v) is 7.16. The number of imidazole rings is 1. The summed E-state index contributed by atoms with van der Waals surface area (Å²) in [6.45, 7) is 2.77. The van der Waals surface area contributed by atoms with Crippen LogP contribution in [-0.2, 0) is 14.8 Å². The zero-order chi connectivity index (χ0) is 27.7. The summed E-state index contributed by atoms with van der Waals surface area (Å²) in [4.78, 5) is 24.3. The first kappa shape index (κ1) is 25.7. The SMILES string of the molecule is CS(=O)(=O)NC(=O)c1ccc(-c2c(C=Cc3ccc4ccccc4n3)nc3c(N4CCOCC4)ccnn23)cc1. The Balaban J connectivity index is 1.44. The van der Waals surface area contributed by atoms with Crippen molar-refractivity contribution < 1.29 is 17.9 Å². The number of nitrogens with one attached hydrogen (secondary N) is 1. The summed E-state index contributed by atoms with van der Waals surface area (Å²) in [6, 6.07) is 20.6. The number of morpholine rings is 1. The van der Waals surface area contributed by atoms with E-state index in [1.807, 2.05) is 59.3 Å². The Morgan fingerprint density at radius 2 is 1.73 bits per heavy atom. The molecule has 5 aromatic rings. The maximum atomic E-state index is 12.4. The quantitative estimate of drug-likeness (QED) is 0.338. The van der Waals surface area contributed by atoms with Crippen LogP contribution < -0.4 is 9.62 Å². The van der Waals surface area contributed by atoms with E-state index >= 15 is 0 Å². The molecule has 40 heavy (non-hydrogen) atoms. The van der Waals surface area contributed by atoms with E-state index in [0.717, 1.165) is 52.9 Å². The summed E-state index contributed by atoms with van der Waals surface area (Å²) >= 11 is 0. The molecule has 0 atom stereocenters. The van der Waals surface area contributed by atoms with Gasteiger partial charge in [-0.1, -0.05) is 36.4 Å². The number of benzene rings is 2. The van der Waals surface area contributed by atoms with Crippen molar-refractivity contribution in [2.45, 2.75) is 0 Å². The van der Waals surface area contributed by atoms with Crippen LogP contribution in [0.15, 0.2) is 72.9 Å². The second-order valence-corrected chi connectivity index (χ2v) is 11.2. The maximum absolute atomic E-state index is 12.4. The lowest BCUT2D eigenvalue weighted by Gasteiger charge is -2.28. The van der Waals surface area contributed by atoms with Gasteiger partial charge < -0.3 is 9.64 Å². The summed E-state index contributed by atoms with van der Waals surface area (Å²) in [6.07, 6.45) is 6.52. The van der Waals surface area contributed by atoms with Crippen LogP contribution in [0.25, 0.3) is 40.0 Å². The van der Waals surface area contributed by atoms with Crippen molar-refractivity contribution in [2.75, 3.05) is 37.5 Å². The highest BCUT2D eigenvalue weighted by atomic mass is 32.2. The van der Waals surface area contributed by atoms with Gasteiger partial charge >= 0.3 is 0 Å². The molecule has 202 valence electrons. The summed E-state index contributed by atoms with van der Waals surface area (Å²) in [7, 11) is -3.68. The lowest BCUT2D eigenvalue weighted by molar-refractivity contribution is 0.0981. The lowest BCUT2D eigenvalue weighted by Crippen LogP contribution is -2.36. The Bertz CT molecular complexity index is 1860. The van der Waals surface area contributed by atoms with E-state index in [1.54, 1.807) is 35.0 Å². The first-order chi connectivity index (χ1) is 19.4. The van der Waals surface area contributed by atoms with Crippen molar-refractivity contribution in [3.05, 3.63) is 89.9 Å². The molecule has 1 aliphatic rings. The molecule has 1 fully saturated rings. The molecule has 1 N–H and O–H groups in total. The molecule has 0 spiro atoms. The number of nitrogens with zero attached hydrogens (tertiary/aromatic N) is 5. The Kier molecular flexibility index (Phi) is 6.74. The van der Waals surface area contributed by atoms with Gasteiger partial charge in [-0.3, -0.25) is 4.79 Å². The van der Waals surface area contributed by atoms with E-state index in [-0.39, 0.29) is 5.56 Å². The van der Waals surface area contributed by atoms with Crippen molar-refractivity contribution in [1.82, 2.24) is 24.3 Å². The van der Waals surface area contributed by atoms with Gasteiger partial charge in [0.1, 0.15) is 5.69 Å². The summed E-state index contributed by atoms with van der Waals surface area (Å²) < 4.78 is 32.3. The fraction of sp³-hybridized carbons (Fsp3) is 0.172. The van der Waals surface area contributed by atoms with Crippen LogP contribution in [0.4, 0.5) is 5.69 Å². The molecule has 10 nitrogen and oxygen atoms in total. The molecule has 3 aromatic heterocycles. The van der Waals surface area contributed by atoms with Gasteiger partial charge in [0.2, 0.25) is 10.0 Å². The molecule has 4 heterocycles. The highest BCUT2D eigenvalue weighted by Gasteiger charge is 2.21. The molecule has 1 aliphatic heterocycles. The van der Waals surface area contributed by atoms with E-state index in [0.29, 0.717) is 24.6 Å². The summed E-state index contributed by atoms with van der Waals surface area (Å²) in [5.74, 6) is -0.692. The number of aromatic nitrogens is 4. The van der Waals surface area contributed by atoms with Gasteiger partial charge in [-0.15, -0.1) is 0 Å². The number of para-hydroxylation sites is 1. The van der Waals surface area contributed by atoms with Crippen LogP contribution in [0, 0.1) is 0 Å². The number of pyridine rings is 1. The molecule has 6 rings (SSSR count). The molecule has 0 bridgehead atoms. The molecule has 0 saturated carbocycles. The zero-order valence-corrected chi connectivity index (χ0v) is 22.5. The summed E-state index contributed by atoms with van der Waals surface area (Å²) in [5, 5.41) is 5.69. The van der Waals surface area contributed by atoms with Gasteiger partial charge in [-0.2, -0.15) is 5.10 Å². The van der Waals surface area contributed by atoms with Crippen LogP contribution >= 0.6 is 0 Å². The van der Waals surface area contributed by atoms with Crippen molar-refractivity contribution in [1.29, 1.82) is 0 Å². The minimum Gasteiger partial charge on any atom is -0.378 e. The van der Waals surface area contributed by atoms with E-state index in [2.05, 4.69) is 10.00 Å². The molecule has 1 saturated heterocycles. The second-order valence-electron chi connectivity index (χ2n) is 9.44. The van der Waals surface area contributed by atoms with Crippen LogP contribution in [0.3, 0.4) is 0 Å². The first-order valence-electron chi connectivity index (χ1n) is 12.7. The minimum absolute atomic E-state index is 0.224. The Labute approximate surface area is 231 Å². The van der Waals surface area contributed by atoms with Crippen LogP contribution in [-0.4, -0.2) is 66.5 Å². The lowest BCUT2D eigenvalue weighted by atomic mass is 10.1. The van der Waals surface area contributed by atoms with Crippen molar-refractivity contribution in [3.8, 4) is 11.3 Å². The highest BCUT2D eigenvalue weighted by Crippen LogP contribution is 2.31. The van der Waals surface area contributed by atoms with E-state index in [1.165, 1.54) is 0 Å². The second kappa shape index (κ2) is 10.5. The number of amides is 1. The zero-order valence-electron chi connectivity index (χ0n) is 21.7. The molecular formula is C29H26N6O4S. The van der Waals surface area contributed by atoms with Crippen molar-refractivity contribution >= 4 is 50.3 Å². The number of sulfonamides is 1. The van der Waals surface area contributed by atoms with Crippen molar-refractivity contribution in [2.24, 2.45) is 0 Å². The smallest absolute Gasteiger partial charge is 0.264 e. The number of hydrogen-bond acceptors (Lipinski definition) is 8. The van der Waals surface area contributed by atoms with Gasteiger partial charge in [0.15, 0.2) is 5.65 Å². The third kappa shape index (κ3) is 5.29. The number of rotatable bonds is 6. The number of ether oxygens (including phenoxy) is 1. The third-order valence-electron chi connectivity index (χ3n) is 6.61. The summed E-state index contributed by atoms with van der Waals surface area (Å²) in [5.41, 5.74) is 5.74. The average molecular weight is 555 g/mol. The number of anilines is 1. The largest absolute Gasteiger partial charge is 0.378 e. The van der Waals surface area contributed by atoms with Gasteiger partial charge in [0.05, 0.1) is 48.3 Å². The van der Waals surface area contributed by atoms with Gasteiger partial charge in [0.25, 0.3) is 5.91 Å². The van der Waals surface area contributed by atoms with E-state index in [9.17, 15) is 13.2 Å². The molecule has 0 aliphatic carbocycles. The average Bonchev–Trinajstić information content (AvgIpc) is 3.34. The van der Waals surface area contributed by atoms with Gasteiger partial charge in [0, 0.05) is 29.6 Å². The molecule has 2 aromatic carbocycles. The topological polar surface area (TPSA) is 119 Å². The number of carbonyl (C=O) groups excluding carboxylic acids is 1. The fourth-order valence-electron chi connectivity index (χ4n) is 4.74. The predicted molar refractivity (Wildman–Crippen MR) is 154 cm³/mol. The molecule has 0 radical (unpaired) electrons. The van der Waals surface area contributed by atoms with Crippen LogP contribution in [0.2, 0.25) is 0 Å². The van der Waals surface area contributed by atoms with Crippen LogP contribution in [0.5, 0.6) is 0 Å². The molecule has 11 heteroatoms. The number of carbonyl (C=O) groups is 1. The molecule has 1 amide bonds. The molecular weight excluding hydrogens is 528 g/mol.